The van der Waals surface area contributed by atoms with Crippen molar-refractivity contribution in [3.8, 4) is 5.88 Å². The van der Waals surface area contributed by atoms with Gasteiger partial charge < -0.3 is 4.74 Å². The molecule has 0 spiro atoms. The number of carbonyl (C=O) groups is 1. The third-order valence-corrected chi connectivity index (χ3v) is 5.97. The summed E-state index contributed by atoms with van der Waals surface area (Å²) in [6.45, 7) is 0. The van der Waals surface area contributed by atoms with E-state index in [-0.39, 0.29) is 5.41 Å². The summed E-state index contributed by atoms with van der Waals surface area (Å²) in [5, 5.41) is 0. The highest BCUT2D eigenvalue weighted by molar-refractivity contribution is 5.98. The van der Waals surface area contributed by atoms with Gasteiger partial charge in [-0.05, 0) is 80.6 Å². The minimum absolute atomic E-state index is 0.0549. The Kier molecular flexibility index (Phi) is 3.32. The zero-order valence-electron chi connectivity index (χ0n) is 13.1. The molecule has 0 radical (unpaired) electrons. The maximum atomic E-state index is 12.9. The van der Waals surface area contributed by atoms with Crippen LogP contribution in [-0.2, 0) is 4.79 Å². The number of methoxy groups -OCH3 is 1. The van der Waals surface area contributed by atoms with Gasteiger partial charge in [-0.3, -0.25) is 4.79 Å². The molecule has 0 aliphatic heterocycles. The molecule has 4 fully saturated rings. The zero-order chi connectivity index (χ0) is 15.2. The van der Waals surface area contributed by atoms with Gasteiger partial charge in [-0.25, -0.2) is 4.98 Å². The van der Waals surface area contributed by atoms with Crippen LogP contribution >= 0.6 is 0 Å². The molecule has 0 unspecified atom stereocenters. The largest absolute Gasteiger partial charge is 0.481 e. The molecule has 3 heteroatoms. The molecule has 4 saturated carbocycles. The minimum Gasteiger partial charge on any atom is -0.481 e. The first kappa shape index (κ1) is 14.0. The first-order valence-electron chi connectivity index (χ1n) is 8.40. The molecule has 4 aliphatic rings. The second-order valence-electron chi connectivity index (χ2n) is 7.50. The van der Waals surface area contributed by atoms with Crippen molar-refractivity contribution in [1.29, 1.82) is 0 Å². The Morgan fingerprint density at radius 1 is 1.23 bits per heavy atom. The van der Waals surface area contributed by atoms with Crippen LogP contribution in [0.25, 0.3) is 6.08 Å². The molecular formula is C19H23NO2. The van der Waals surface area contributed by atoms with E-state index in [1.165, 1.54) is 19.3 Å². The molecule has 3 nitrogen and oxygen atoms in total. The molecule has 0 N–H and O–H groups in total. The van der Waals surface area contributed by atoms with Crippen molar-refractivity contribution in [1.82, 2.24) is 4.98 Å². The normalized spacial score (nSPS) is 36.0. The lowest BCUT2D eigenvalue weighted by molar-refractivity contribution is -0.138. The predicted molar refractivity (Wildman–Crippen MR) is 85.4 cm³/mol. The second-order valence-corrected chi connectivity index (χ2v) is 7.50. The lowest BCUT2D eigenvalue weighted by Gasteiger charge is -2.55. The van der Waals surface area contributed by atoms with Gasteiger partial charge in [-0.2, -0.15) is 0 Å². The smallest absolute Gasteiger partial charge is 0.220 e. The molecule has 0 saturated heterocycles. The Bertz CT molecular complexity index is 584. The van der Waals surface area contributed by atoms with E-state index in [1.807, 2.05) is 18.2 Å². The lowest BCUT2D eigenvalue weighted by Crippen LogP contribution is -2.49. The summed E-state index contributed by atoms with van der Waals surface area (Å²) >= 11 is 0. The molecule has 0 atom stereocenters. The van der Waals surface area contributed by atoms with Crippen molar-refractivity contribution >= 4 is 11.9 Å². The fourth-order valence-corrected chi connectivity index (χ4v) is 5.46. The Balaban J connectivity index is 1.56. The first-order valence-corrected chi connectivity index (χ1v) is 8.40. The fourth-order valence-electron chi connectivity index (χ4n) is 5.46. The number of aromatic nitrogens is 1. The van der Waals surface area contributed by atoms with Crippen LogP contribution in [0.1, 0.15) is 44.1 Å². The highest BCUT2D eigenvalue weighted by atomic mass is 16.5. The maximum absolute atomic E-state index is 12.9. The number of hydrogen-bond donors (Lipinski definition) is 0. The minimum atomic E-state index is -0.0549. The van der Waals surface area contributed by atoms with Gasteiger partial charge in [0.15, 0.2) is 5.78 Å². The van der Waals surface area contributed by atoms with Crippen molar-refractivity contribution in [3.05, 3.63) is 30.0 Å². The average Bonchev–Trinajstić information content (AvgIpc) is 2.51. The summed E-state index contributed by atoms with van der Waals surface area (Å²) < 4.78 is 5.25. The van der Waals surface area contributed by atoms with Crippen LogP contribution in [0, 0.1) is 23.2 Å². The van der Waals surface area contributed by atoms with Crippen molar-refractivity contribution in [2.75, 3.05) is 7.11 Å². The van der Waals surface area contributed by atoms with E-state index in [0.29, 0.717) is 11.7 Å². The number of rotatable bonds is 4. The van der Waals surface area contributed by atoms with Gasteiger partial charge in [0, 0.05) is 17.2 Å². The quantitative estimate of drug-likeness (QED) is 0.791. The van der Waals surface area contributed by atoms with Gasteiger partial charge in [0.1, 0.15) is 0 Å². The van der Waals surface area contributed by atoms with Crippen molar-refractivity contribution in [3.63, 3.8) is 0 Å². The average molecular weight is 297 g/mol. The molecule has 1 aromatic heterocycles. The van der Waals surface area contributed by atoms with E-state index in [2.05, 4.69) is 4.98 Å². The van der Waals surface area contributed by atoms with E-state index in [9.17, 15) is 4.79 Å². The lowest BCUT2D eigenvalue weighted by atomic mass is 9.48. The summed E-state index contributed by atoms with van der Waals surface area (Å²) in [5.74, 6) is 3.32. The van der Waals surface area contributed by atoms with E-state index >= 15 is 0 Å². The Labute approximate surface area is 131 Å². The summed E-state index contributed by atoms with van der Waals surface area (Å²) in [5.41, 5.74) is 0.823. The Morgan fingerprint density at radius 3 is 2.45 bits per heavy atom. The van der Waals surface area contributed by atoms with Gasteiger partial charge in [0.05, 0.1) is 7.11 Å². The predicted octanol–water partition coefficient (Wildman–Crippen LogP) is 3.89. The SMILES string of the molecule is COc1ncccc1C=CC(=O)C12CC3CC(CC(C3)C1)C2. The first-order chi connectivity index (χ1) is 10.7. The van der Waals surface area contributed by atoms with Crippen molar-refractivity contribution in [2.24, 2.45) is 23.2 Å². The van der Waals surface area contributed by atoms with Crippen molar-refractivity contribution in [2.45, 2.75) is 38.5 Å². The third kappa shape index (κ3) is 2.27. The molecule has 1 heterocycles. The number of hydrogen-bond acceptors (Lipinski definition) is 3. The summed E-state index contributed by atoms with van der Waals surface area (Å²) in [6, 6.07) is 3.81. The van der Waals surface area contributed by atoms with Gasteiger partial charge >= 0.3 is 0 Å². The molecule has 1 aromatic rings. The summed E-state index contributed by atoms with van der Waals surface area (Å²) in [7, 11) is 1.61. The molecule has 0 aromatic carbocycles. The van der Waals surface area contributed by atoms with Crippen molar-refractivity contribution < 1.29 is 9.53 Å². The maximum Gasteiger partial charge on any atom is 0.220 e. The van der Waals surface area contributed by atoms with E-state index in [4.69, 9.17) is 4.74 Å². The van der Waals surface area contributed by atoms with Crippen LogP contribution < -0.4 is 4.74 Å². The highest BCUT2D eigenvalue weighted by Gasteiger charge is 2.53. The third-order valence-electron chi connectivity index (χ3n) is 5.97. The monoisotopic (exact) mass is 297 g/mol. The summed E-state index contributed by atoms with van der Waals surface area (Å²) in [4.78, 5) is 17.1. The second kappa shape index (κ2) is 5.22. The van der Waals surface area contributed by atoms with Crippen LogP contribution in [0.2, 0.25) is 0 Å². The number of carbonyl (C=O) groups excluding carboxylic acids is 1. The topological polar surface area (TPSA) is 39.2 Å². The Morgan fingerprint density at radius 2 is 1.86 bits per heavy atom. The molecule has 4 aliphatic carbocycles. The standard InChI is InChI=1S/C19H23NO2/c1-22-18-16(3-2-6-20-18)4-5-17(21)19-10-13-7-14(11-19)9-15(8-13)12-19/h2-6,13-15H,7-12H2,1H3. The van der Waals surface area contributed by atoms with E-state index in [1.54, 1.807) is 19.4 Å². The van der Waals surface area contributed by atoms with Crippen LogP contribution in [0.4, 0.5) is 0 Å². The molecule has 116 valence electrons. The Hall–Kier alpha value is -1.64. The van der Waals surface area contributed by atoms with E-state index in [0.717, 1.165) is 42.6 Å². The highest BCUT2D eigenvalue weighted by Crippen LogP contribution is 2.60. The van der Waals surface area contributed by atoms with Gasteiger partial charge in [0.2, 0.25) is 5.88 Å². The van der Waals surface area contributed by atoms with Gasteiger partial charge in [0.25, 0.3) is 0 Å². The van der Waals surface area contributed by atoms with Gasteiger partial charge in [-0.15, -0.1) is 0 Å². The molecule has 0 amide bonds. The number of allylic oxidation sites excluding steroid dienone is 1. The van der Waals surface area contributed by atoms with Crippen LogP contribution in [0.5, 0.6) is 5.88 Å². The molecule has 22 heavy (non-hydrogen) atoms. The number of nitrogens with zero attached hydrogens (tertiary/aromatic N) is 1. The summed E-state index contributed by atoms with van der Waals surface area (Å²) in [6.07, 6.45) is 12.8. The molecule has 5 rings (SSSR count). The van der Waals surface area contributed by atoms with E-state index < -0.39 is 0 Å². The van der Waals surface area contributed by atoms with Crippen LogP contribution in [0.3, 0.4) is 0 Å². The number of ether oxygens (including phenoxy) is 1. The van der Waals surface area contributed by atoms with Gasteiger partial charge in [-0.1, -0.05) is 0 Å². The number of pyridine rings is 1. The fraction of sp³-hybridized carbons (Fsp3) is 0.579. The zero-order valence-corrected chi connectivity index (χ0v) is 13.1. The van der Waals surface area contributed by atoms with Crippen LogP contribution in [-0.4, -0.2) is 17.9 Å². The molecule has 4 bridgehead atoms. The van der Waals surface area contributed by atoms with Crippen LogP contribution in [0.15, 0.2) is 24.4 Å². The molecular weight excluding hydrogens is 274 g/mol. The number of ketones is 1.